The Labute approximate surface area is 249 Å². The molecule has 0 atom stereocenters. The number of halogens is 1. The zero-order valence-electron chi connectivity index (χ0n) is 24.0. The van der Waals surface area contributed by atoms with E-state index in [-0.39, 0.29) is 17.6 Å². The maximum Gasteiger partial charge on any atom is 0.227 e. The van der Waals surface area contributed by atoms with Crippen LogP contribution in [0.25, 0.3) is 21.8 Å². The van der Waals surface area contributed by atoms with Crippen LogP contribution in [-0.4, -0.2) is 52.9 Å². The second-order valence-electron chi connectivity index (χ2n) is 10.8. The first kappa shape index (κ1) is 29.4. The Morgan fingerprint density at radius 2 is 1.90 bits per heavy atom. The highest BCUT2D eigenvalue weighted by atomic mass is 32.1. The highest BCUT2D eigenvalue weighted by Crippen LogP contribution is 2.38. The number of carbonyl (C=O) groups excluding carboxylic acids is 1. The summed E-state index contributed by atoms with van der Waals surface area (Å²) >= 11 is 1.33. The van der Waals surface area contributed by atoms with Gasteiger partial charge in [0.15, 0.2) is 5.13 Å². The number of carbonyl (C=O) groups is 1. The summed E-state index contributed by atoms with van der Waals surface area (Å²) in [5, 5.41) is 9.73. The van der Waals surface area contributed by atoms with E-state index in [1.165, 1.54) is 23.8 Å². The number of nitrogens with zero attached hydrogens (tertiary/aromatic N) is 4. The van der Waals surface area contributed by atoms with Gasteiger partial charge < -0.3 is 26.6 Å². The Kier molecular flexibility index (Phi) is 9.60. The van der Waals surface area contributed by atoms with Gasteiger partial charge in [-0.1, -0.05) is 42.7 Å². The van der Waals surface area contributed by atoms with Crippen molar-refractivity contribution in [2.75, 3.05) is 48.9 Å². The van der Waals surface area contributed by atoms with E-state index in [4.69, 9.17) is 5.73 Å². The van der Waals surface area contributed by atoms with Crippen molar-refractivity contribution in [1.29, 1.82) is 0 Å². The normalized spacial score (nSPS) is 13.7. The number of hydrogen-bond donors (Lipinski definition) is 4. The molecular formula is C31H37FN8OS. The quantitative estimate of drug-likeness (QED) is 0.144. The van der Waals surface area contributed by atoms with Gasteiger partial charge in [0.05, 0.1) is 22.0 Å². The van der Waals surface area contributed by atoms with Crippen LogP contribution >= 0.6 is 11.3 Å². The van der Waals surface area contributed by atoms with E-state index in [1.54, 1.807) is 24.4 Å². The van der Waals surface area contributed by atoms with Crippen molar-refractivity contribution in [3.05, 3.63) is 60.5 Å². The molecule has 220 valence electrons. The fraction of sp³-hybridized carbons (Fsp3) is 0.355. The number of amides is 1. The zero-order chi connectivity index (χ0) is 29.5. The summed E-state index contributed by atoms with van der Waals surface area (Å²) in [6.45, 7) is 1.61. The lowest BCUT2D eigenvalue weighted by Crippen LogP contribution is -2.24. The standard InChI is InChI=1S/C31H37FN8OS/c1-40(2)17-7-15-34-25-13-12-23(19-24(25)32)37-31-35-16-14-26(38-31)28-27(39-30(33)42-28)21-10-6-11-22(18-21)36-29(41)20-8-4-3-5-9-20/h6,10-14,16,18-20,34H,3-5,7-9,15,17H2,1-2H3,(H2,33,39)(H,36,41)(H,35,37,38). The number of nitrogens with one attached hydrogen (secondary N) is 3. The molecule has 2 aromatic carbocycles. The summed E-state index contributed by atoms with van der Waals surface area (Å²) in [6, 6.07) is 14.3. The number of nitrogen functional groups attached to an aromatic ring is 1. The lowest BCUT2D eigenvalue weighted by atomic mass is 9.88. The molecular weight excluding hydrogens is 551 g/mol. The Morgan fingerprint density at radius 3 is 2.69 bits per heavy atom. The Balaban J connectivity index is 1.31. The van der Waals surface area contributed by atoms with E-state index in [0.717, 1.165) is 54.8 Å². The molecule has 0 bridgehead atoms. The maximum atomic E-state index is 14.7. The number of rotatable bonds is 11. The third kappa shape index (κ3) is 7.59. The zero-order valence-corrected chi connectivity index (χ0v) is 24.8. The number of benzene rings is 2. The molecule has 1 aliphatic carbocycles. The lowest BCUT2D eigenvalue weighted by Gasteiger charge is -2.20. The van der Waals surface area contributed by atoms with Crippen molar-refractivity contribution in [2.24, 2.45) is 5.92 Å². The minimum absolute atomic E-state index is 0.0637. The molecule has 1 amide bonds. The molecule has 1 aliphatic rings. The minimum atomic E-state index is -0.353. The van der Waals surface area contributed by atoms with Crippen LogP contribution in [0.2, 0.25) is 0 Å². The molecule has 2 aromatic heterocycles. The Bertz CT molecular complexity index is 1520. The van der Waals surface area contributed by atoms with Gasteiger partial charge in [0.1, 0.15) is 5.82 Å². The van der Waals surface area contributed by atoms with Gasteiger partial charge in [0.2, 0.25) is 11.9 Å². The molecule has 5 N–H and O–H groups in total. The van der Waals surface area contributed by atoms with Crippen molar-refractivity contribution in [3.8, 4) is 21.8 Å². The number of hydrogen-bond acceptors (Lipinski definition) is 9. The second kappa shape index (κ2) is 13.7. The molecule has 9 nitrogen and oxygen atoms in total. The van der Waals surface area contributed by atoms with Crippen LogP contribution in [0, 0.1) is 11.7 Å². The van der Waals surface area contributed by atoms with Gasteiger partial charge >= 0.3 is 0 Å². The molecule has 0 unspecified atom stereocenters. The van der Waals surface area contributed by atoms with E-state index in [0.29, 0.717) is 40.4 Å². The molecule has 5 rings (SSSR count). The molecule has 11 heteroatoms. The highest BCUT2D eigenvalue weighted by molar-refractivity contribution is 7.19. The highest BCUT2D eigenvalue weighted by Gasteiger charge is 2.22. The summed E-state index contributed by atoms with van der Waals surface area (Å²) < 4.78 is 14.7. The first-order valence-electron chi connectivity index (χ1n) is 14.3. The molecule has 1 saturated carbocycles. The van der Waals surface area contributed by atoms with Crippen LogP contribution < -0.4 is 21.7 Å². The first-order chi connectivity index (χ1) is 20.4. The van der Waals surface area contributed by atoms with Crippen molar-refractivity contribution in [2.45, 2.75) is 38.5 Å². The summed E-state index contributed by atoms with van der Waals surface area (Å²) in [6.07, 6.45) is 7.83. The molecule has 42 heavy (non-hydrogen) atoms. The summed E-state index contributed by atoms with van der Waals surface area (Å²) in [5.41, 5.74) is 9.99. The van der Waals surface area contributed by atoms with Gasteiger partial charge in [-0.3, -0.25) is 4.79 Å². The average Bonchev–Trinajstić information content (AvgIpc) is 3.38. The van der Waals surface area contributed by atoms with Crippen LogP contribution in [0.3, 0.4) is 0 Å². The molecule has 0 aliphatic heterocycles. The molecule has 0 spiro atoms. The smallest absolute Gasteiger partial charge is 0.227 e. The van der Waals surface area contributed by atoms with E-state index in [9.17, 15) is 9.18 Å². The Hall–Kier alpha value is -4.09. The predicted octanol–water partition coefficient (Wildman–Crippen LogP) is 6.61. The molecule has 4 aromatic rings. The van der Waals surface area contributed by atoms with Crippen molar-refractivity contribution in [1.82, 2.24) is 19.9 Å². The Morgan fingerprint density at radius 1 is 1.07 bits per heavy atom. The average molecular weight is 589 g/mol. The maximum absolute atomic E-state index is 14.7. The fourth-order valence-corrected chi connectivity index (χ4v) is 5.91. The van der Waals surface area contributed by atoms with Gasteiger partial charge in [-0.15, -0.1) is 0 Å². The van der Waals surface area contributed by atoms with E-state index >= 15 is 0 Å². The van der Waals surface area contributed by atoms with Crippen molar-refractivity contribution in [3.63, 3.8) is 0 Å². The van der Waals surface area contributed by atoms with Gasteiger partial charge in [0, 0.05) is 35.6 Å². The molecule has 1 fully saturated rings. The fourth-order valence-electron chi connectivity index (χ4n) is 5.09. The number of nitrogens with two attached hydrogens (primary N) is 1. The molecule has 2 heterocycles. The van der Waals surface area contributed by atoms with Crippen LogP contribution in [0.5, 0.6) is 0 Å². The van der Waals surface area contributed by atoms with Gasteiger partial charge in [0.25, 0.3) is 0 Å². The minimum Gasteiger partial charge on any atom is -0.383 e. The number of aromatic nitrogens is 3. The molecule has 0 radical (unpaired) electrons. The van der Waals surface area contributed by atoms with Crippen LogP contribution in [0.4, 0.5) is 32.5 Å². The van der Waals surface area contributed by atoms with Gasteiger partial charge in [-0.05, 0) is 76.3 Å². The largest absolute Gasteiger partial charge is 0.383 e. The molecule has 0 saturated heterocycles. The second-order valence-corrected chi connectivity index (χ2v) is 11.8. The van der Waals surface area contributed by atoms with Crippen molar-refractivity contribution < 1.29 is 9.18 Å². The SMILES string of the molecule is CN(C)CCCNc1ccc(Nc2nccc(-c3sc(N)nc3-c3cccc(NC(=O)C4CCCCC4)c3)n2)cc1F. The number of thiazole rings is 1. The lowest BCUT2D eigenvalue weighted by molar-refractivity contribution is -0.120. The summed E-state index contributed by atoms with van der Waals surface area (Å²) in [5.74, 6) is 0.105. The van der Waals surface area contributed by atoms with Gasteiger partial charge in [-0.2, -0.15) is 0 Å². The monoisotopic (exact) mass is 588 g/mol. The van der Waals surface area contributed by atoms with E-state index < -0.39 is 0 Å². The van der Waals surface area contributed by atoms with Gasteiger partial charge in [-0.25, -0.2) is 19.3 Å². The first-order valence-corrected chi connectivity index (χ1v) is 15.1. The van der Waals surface area contributed by atoms with Crippen LogP contribution in [0.15, 0.2) is 54.7 Å². The topological polar surface area (TPSA) is 121 Å². The van der Waals surface area contributed by atoms with Crippen LogP contribution in [-0.2, 0) is 4.79 Å². The van der Waals surface area contributed by atoms with Crippen molar-refractivity contribution >= 4 is 45.4 Å². The predicted molar refractivity (Wildman–Crippen MR) is 170 cm³/mol. The van der Waals surface area contributed by atoms with E-state index in [2.05, 4.69) is 35.8 Å². The number of anilines is 5. The summed E-state index contributed by atoms with van der Waals surface area (Å²) in [4.78, 5) is 29.3. The van der Waals surface area contributed by atoms with Crippen LogP contribution in [0.1, 0.15) is 38.5 Å². The third-order valence-corrected chi connectivity index (χ3v) is 8.14. The third-order valence-electron chi connectivity index (χ3n) is 7.23. The van der Waals surface area contributed by atoms with E-state index in [1.807, 2.05) is 38.4 Å². The summed E-state index contributed by atoms with van der Waals surface area (Å²) in [7, 11) is 4.03.